The number of hydrogen-bond donors (Lipinski definition) is 2. The molecule has 0 spiro atoms. The van der Waals surface area contributed by atoms with Gasteiger partial charge in [0, 0.05) is 6.04 Å². The van der Waals surface area contributed by atoms with Gasteiger partial charge in [0.2, 0.25) is 0 Å². The lowest BCUT2D eigenvalue weighted by Crippen LogP contribution is -2.31. The van der Waals surface area contributed by atoms with Crippen LogP contribution in [0.15, 0.2) is 30.3 Å². The lowest BCUT2D eigenvalue weighted by atomic mass is 10.0. The molecule has 0 heterocycles. The number of carbonyl (C=O) groups is 1. The highest BCUT2D eigenvalue weighted by atomic mass is 16.5. The van der Waals surface area contributed by atoms with Crippen molar-refractivity contribution in [1.29, 1.82) is 0 Å². The summed E-state index contributed by atoms with van der Waals surface area (Å²) >= 11 is 0. The Kier molecular flexibility index (Phi) is 4.27. The molecule has 0 saturated carbocycles. The Morgan fingerprint density at radius 2 is 2.07 bits per heavy atom. The second-order valence-corrected chi connectivity index (χ2v) is 3.30. The zero-order valence-corrected chi connectivity index (χ0v) is 8.59. The van der Waals surface area contributed by atoms with Gasteiger partial charge in [-0.1, -0.05) is 30.3 Å². The van der Waals surface area contributed by atoms with E-state index in [4.69, 9.17) is 5.73 Å². The van der Waals surface area contributed by atoms with Crippen molar-refractivity contribution in [2.75, 3.05) is 7.11 Å². The Morgan fingerprint density at radius 3 is 2.60 bits per heavy atom. The third-order valence-corrected chi connectivity index (χ3v) is 2.18. The third-order valence-electron chi connectivity index (χ3n) is 2.18. The van der Waals surface area contributed by atoms with Crippen LogP contribution in [-0.4, -0.2) is 24.2 Å². The minimum atomic E-state index is -0.842. The molecule has 0 radical (unpaired) electrons. The van der Waals surface area contributed by atoms with E-state index in [-0.39, 0.29) is 6.42 Å². The van der Waals surface area contributed by atoms with E-state index in [2.05, 4.69) is 4.74 Å². The van der Waals surface area contributed by atoms with Crippen molar-refractivity contribution in [2.45, 2.75) is 18.6 Å². The molecule has 0 fully saturated rings. The van der Waals surface area contributed by atoms with Crippen LogP contribution in [0.5, 0.6) is 0 Å². The van der Waals surface area contributed by atoms with Gasteiger partial charge < -0.3 is 15.6 Å². The lowest BCUT2D eigenvalue weighted by molar-refractivity contribution is -0.141. The normalized spacial score (nSPS) is 14.3. The number of carbonyl (C=O) groups excluding carboxylic acids is 1. The van der Waals surface area contributed by atoms with Gasteiger partial charge in [-0.05, 0) is 5.56 Å². The largest absolute Gasteiger partial charge is 0.469 e. The third kappa shape index (κ3) is 3.34. The molecule has 4 heteroatoms. The maximum atomic E-state index is 10.9. The number of nitrogens with two attached hydrogens (primary N) is 1. The highest BCUT2D eigenvalue weighted by molar-refractivity contribution is 5.70. The van der Waals surface area contributed by atoms with Crippen molar-refractivity contribution in [3.05, 3.63) is 35.9 Å². The van der Waals surface area contributed by atoms with Gasteiger partial charge in [-0.2, -0.15) is 0 Å². The van der Waals surface area contributed by atoms with Crippen molar-refractivity contribution in [3.8, 4) is 0 Å². The maximum Gasteiger partial charge on any atom is 0.307 e. The first-order valence-corrected chi connectivity index (χ1v) is 4.70. The predicted molar refractivity (Wildman–Crippen MR) is 56.0 cm³/mol. The fourth-order valence-electron chi connectivity index (χ4n) is 1.28. The molecule has 3 N–H and O–H groups in total. The number of aliphatic hydroxyl groups is 1. The summed E-state index contributed by atoms with van der Waals surface area (Å²) in [5.74, 6) is -0.419. The molecule has 2 atom stereocenters. The molecule has 0 aromatic heterocycles. The van der Waals surface area contributed by atoms with Crippen LogP contribution in [0.3, 0.4) is 0 Å². The Bertz CT molecular complexity index is 313. The molecule has 4 nitrogen and oxygen atoms in total. The van der Waals surface area contributed by atoms with Crippen LogP contribution < -0.4 is 5.73 Å². The molecule has 0 aliphatic rings. The van der Waals surface area contributed by atoms with E-state index in [1.54, 1.807) is 12.1 Å². The zero-order chi connectivity index (χ0) is 11.3. The molecule has 0 aliphatic heterocycles. The second-order valence-electron chi connectivity index (χ2n) is 3.30. The molecule has 82 valence electrons. The minimum Gasteiger partial charge on any atom is -0.469 e. The van der Waals surface area contributed by atoms with E-state index in [1.807, 2.05) is 18.2 Å². The van der Waals surface area contributed by atoms with Crippen LogP contribution in [0.4, 0.5) is 0 Å². The summed E-state index contributed by atoms with van der Waals surface area (Å²) in [4.78, 5) is 10.9. The highest BCUT2D eigenvalue weighted by Gasteiger charge is 2.19. The molecule has 0 aliphatic carbocycles. The number of esters is 1. The summed E-state index contributed by atoms with van der Waals surface area (Å²) in [5, 5.41) is 9.80. The molecule has 0 amide bonds. The second kappa shape index (κ2) is 5.48. The Labute approximate surface area is 88.7 Å². The topological polar surface area (TPSA) is 72.5 Å². The summed E-state index contributed by atoms with van der Waals surface area (Å²) in [6, 6.07) is 8.36. The van der Waals surface area contributed by atoms with E-state index >= 15 is 0 Å². The van der Waals surface area contributed by atoms with Crippen molar-refractivity contribution < 1.29 is 14.6 Å². The SMILES string of the molecule is COC(=O)CC(N)C(O)c1ccccc1. The lowest BCUT2D eigenvalue weighted by Gasteiger charge is -2.17. The number of aliphatic hydroxyl groups excluding tert-OH is 1. The van der Waals surface area contributed by atoms with Crippen molar-refractivity contribution in [2.24, 2.45) is 5.73 Å². The minimum absolute atomic E-state index is 0.00651. The first-order valence-electron chi connectivity index (χ1n) is 4.70. The quantitative estimate of drug-likeness (QED) is 0.713. The number of methoxy groups -OCH3 is 1. The van der Waals surface area contributed by atoms with Crippen LogP contribution >= 0.6 is 0 Å². The fraction of sp³-hybridized carbons (Fsp3) is 0.364. The molecular formula is C11H15NO3. The first-order chi connectivity index (χ1) is 7.15. The number of rotatable bonds is 4. The summed E-state index contributed by atoms with van der Waals surface area (Å²) in [7, 11) is 1.30. The van der Waals surface area contributed by atoms with Gasteiger partial charge in [0.15, 0.2) is 0 Å². The van der Waals surface area contributed by atoms with Gasteiger partial charge >= 0.3 is 5.97 Å². The van der Waals surface area contributed by atoms with Crippen molar-refractivity contribution in [3.63, 3.8) is 0 Å². The summed E-state index contributed by atoms with van der Waals surface area (Å²) < 4.78 is 4.48. The van der Waals surface area contributed by atoms with Gasteiger partial charge in [-0.15, -0.1) is 0 Å². The van der Waals surface area contributed by atoms with Crippen LogP contribution in [0.2, 0.25) is 0 Å². The fourth-order valence-corrected chi connectivity index (χ4v) is 1.28. The highest BCUT2D eigenvalue weighted by Crippen LogP contribution is 2.16. The molecule has 1 aromatic carbocycles. The molecule has 0 bridgehead atoms. The number of benzene rings is 1. The monoisotopic (exact) mass is 209 g/mol. The van der Waals surface area contributed by atoms with E-state index < -0.39 is 18.1 Å². The van der Waals surface area contributed by atoms with Crippen LogP contribution in [-0.2, 0) is 9.53 Å². The Hall–Kier alpha value is -1.39. The van der Waals surface area contributed by atoms with Gasteiger partial charge in [0.05, 0.1) is 19.6 Å². The van der Waals surface area contributed by atoms with Crippen molar-refractivity contribution in [1.82, 2.24) is 0 Å². The first kappa shape index (κ1) is 11.7. The van der Waals surface area contributed by atoms with E-state index in [0.29, 0.717) is 5.56 Å². The number of ether oxygens (including phenoxy) is 1. The van der Waals surface area contributed by atoms with E-state index in [1.165, 1.54) is 7.11 Å². The molecule has 1 rings (SSSR count). The van der Waals surface area contributed by atoms with Gasteiger partial charge in [-0.3, -0.25) is 4.79 Å². The molecular weight excluding hydrogens is 194 g/mol. The van der Waals surface area contributed by atoms with Gasteiger partial charge in [0.1, 0.15) is 0 Å². The number of hydrogen-bond acceptors (Lipinski definition) is 4. The van der Waals surface area contributed by atoms with Crippen LogP contribution in [0.25, 0.3) is 0 Å². The Balaban J connectivity index is 2.61. The standard InChI is InChI=1S/C11H15NO3/c1-15-10(13)7-9(12)11(14)8-5-3-2-4-6-8/h2-6,9,11,14H,7,12H2,1H3. The van der Waals surface area contributed by atoms with Crippen LogP contribution in [0.1, 0.15) is 18.1 Å². The Morgan fingerprint density at radius 1 is 1.47 bits per heavy atom. The van der Waals surface area contributed by atoms with Gasteiger partial charge in [0.25, 0.3) is 0 Å². The molecule has 2 unspecified atom stereocenters. The van der Waals surface area contributed by atoms with Gasteiger partial charge in [-0.25, -0.2) is 0 Å². The molecule has 1 aromatic rings. The predicted octanol–water partition coefficient (Wildman–Crippen LogP) is 0.610. The molecule has 15 heavy (non-hydrogen) atoms. The summed E-state index contributed by atoms with van der Waals surface area (Å²) in [6.07, 6.45) is -0.836. The zero-order valence-electron chi connectivity index (χ0n) is 8.59. The van der Waals surface area contributed by atoms with Crippen LogP contribution in [0, 0.1) is 0 Å². The molecule has 0 saturated heterocycles. The van der Waals surface area contributed by atoms with E-state index in [9.17, 15) is 9.90 Å². The average Bonchev–Trinajstić information content (AvgIpc) is 2.29. The summed E-state index contributed by atoms with van der Waals surface area (Å²) in [6.45, 7) is 0. The smallest absolute Gasteiger partial charge is 0.307 e. The average molecular weight is 209 g/mol. The van der Waals surface area contributed by atoms with E-state index in [0.717, 1.165) is 0 Å². The van der Waals surface area contributed by atoms with Crippen molar-refractivity contribution >= 4 is 5.97 Å². The summed E-state index contributed by atoms with van der Waals surface area (Å²) in [5.41, 5.74) is 6.38. The maximum absolute atomic E-state index is 10.9.